The van der Waals surface area contributed by atoms with E-state index in [9.17, 15) is 4.79 Å². The molecule has 5 heteroatoms. The summed E-state index contributed by atoms with van der Waals surface area (Å²) < 4.78 is 0. The number of amides is 1. The quantitative estimate of drug-likeness (QED) is 0.625. The number of aromatic nitrogens is 1. The lowest BCUT2D eigenvalue weighted by molar-refractivity contribution is 0.0787. The average Bonchev–Trinajstić information content (AvgIpc) is 3.12. The summed E-state index contributed by atoms with van der Waals surface area (Å²) in [5.41, 5.74) is 4.03. The predicted molar refractivity (Wildman–Crippen MR) is 75.7 cm³/mol. The molecule has 2 unspecified atom stereocenters. The number of nitrogens with zero attached hydrogens (tertiary/aromatic N) is 2. The Morgan fingerprint density at radius 1 is 1.58 bits per heavy atom. The van der Waals surface area contributed by atoms with Crippen LogP contribution in [0.4, 0.5) is 5.82 Å². The number of hydrogen-bond acceptors (Lipinski definition) is 4. The van der Waals surface area contributed by atoms with Crippen molar-refractivity contribution in [3.05, 3.63) is 23.4 Å². The molecule has 19 heavy (non-hydrogen) atoms. The zero-order chi connectivity index (χ0) is 14.0. The van der Waals surface area contributed by atoms with Crippen LogP contribution in [0.1, 0.15) is 36.3 Å². The van der Waals surface area contributed by atoms with E-state index in [1.807, 2.05) is 20.0 Å². The lowest BCUT2D eigenvalue weighted by atomic mass is 10.1. The van der Waals surface area contributed by atoms with Gasteiger partial charge in [-0.3, -0.25) is 4.79 Å². The molecule has 1 aliphatic rings. The van der Waals surface area contributed by atoms with Gasteiger partial charge in [-0.15, -0.1) is 0 Å². The maximum absolute atomic E-state index is 12.4. The van der Waals surface area contributed by atoms with E-state index in [1.165, 1.54) is 6.42 Å². The van der Waals surface area contributed by atoms with Crippen LogP contribution in [-0.2, 0) is 6.42 Å². The Bertz CT molecular complexity index is 452. The molecule has 1 saturated carbocycles. The van der Waals surface area contributed by atoms with E-state index < -0.39 is 0 Å². The van der Waals surface area contributed by atoms with Crippen molar-refractivity contribution >= 4 is 11.7 Å². The topological polar surface area (TPSA) is 71.2 Å². The number of aryl methyl sites for hydroxylation is 1. The van der Waals surface area contributed by atoms with E-state index in [0.717, 1.165) is 24.6 Å². The van der Waals surface area contributed by atoms with Gasteiger partial charge in [0.2, 0.25) is 0 Å². The van der Waals surface area contributed by atoms with E-state index in [1.54, 1.807) is 11.0 Å². The van der Waals surface area contributed by atoms with E-state index in [4.69, 9.17) is 5.84 Å². The second-order valence-electron chi connectivity index (χ2n) is 5.39. The van der Waals surface area contributed by atoms with Gasteiger partial charge >= 0.3 is 0 Å². The minimum Gasteiger partial charge on any atom is -0.341 e. The van der Waals surface area contributed by atoms with Crippen LogP contribution in [0.3, 0.4) is 0 Å². The van der Waals surface area contributed by atoms with Crippen LogP contribution in [0.15, 0.2) is 12.1 Å². The molecule has 1 aliphatic carbocycles. The average molecular weight is 262 g/mol. The van der Waals surface area contributed by atoms with Crippen LogP contribution in [0, 0.1) is 11.8 Å². The summed E-state index contributed by atoms with van der Waals surface area (Å²) in [5, 5.41) is 0. The zero-order valence-corrected chi connectivity index (χ0v) is 11.8. The molecule has 0 saturated heterocycles. The molecule has 0 aromatic carbocycles. The zero-order valence-electron chi connectivity index (χ0n) is 11.8. The third kappa shape index (κ3) is 3.23. The van der Waals surface area contributed by atoms with Gasteiger partial charge in [0, 0.05) is 24.8 Å². The first-order chi connectivity index (χ1) is 9.05. The Balaban J connectivity index is 2.12. The van der Waals surface area contributed by atoms with Crippen molar-refractivity contribution in [3.8, 4) is 0 Å². The summed E-state index contributed by atoms with van der Waals surface area (Å²) >= 11 is 0. The van der Waals surface area contributed by atoms with Gasteiger partial charge in [0.25, 0.3) is 5.91 Å². The Labute approximate surface area is 114 Å². The molecule has 2 rings (SSSR count). The van der Waals surface area contributed by atoms with E-state index in [2.05, 4.69) is 17.3 Å². The Kier molecular flexibility index (Phi) is 4.04. The van der Waals surface area contributed by atoms with E-state index in [0.29, 0.717) is 17.3 Å². The van der Waals surface area contributed by atoms with Crippen LogP contribution in [0.25, 0.3) is 0 Å². The maximum atomic E-state index is 12.4. The molecule has 1 amide bonds. The highest BCUT2D eigenvalue weighted by Crippen LogP contribution is 2.38. The lowest BCUT2D eigenvalue weighted by Crippen LogP contribution is -2.29. The van der Waals surface area contributed by atoms with Crippen molar-refractivity contribution in [2.24, 2.45) is 17.7 Å². The van der Waals surface area contributed by atoms with Crippen LogP contribution >= 0.6 is 0 Å². The molecule has 1 fully saturated rings. The normalized spacial score (nSPS) is 21.1. The summed E-state index contributed by atoms with van der Waals surface area (Å²) in [5.74, 6) is 7.37. The highest BCUT2D eigenvalue weighted by Gasteiger charge is 2.34. The SMILES string of the molecule is CCc1cc(C(=O)N(C)CC2CC2C)cc(NN)n1. The van der Waals surface area contributed by atoms with Crippen LogP contribution in [-0.4, -0.2) is 29.4 Å². The summed E-state index contributed by atoms with van der Waals surface area (Å²) in [6, 6.07) is 3.55. The van der Waals surface area contributed by atoms with E-state index in [-0.39, 0.29) is 5.91 Å². The first-order valence-corrected chi connectivity index (χ1v) is 6.78. The Hall–Kier alpha value is -1.62. The van der Waals surface area contributed by atoms with Gasteiger partial charge in [0.15, 0.2) is 0 Å². The first-order valence-electron chi connectivity index (χ1n) is 6.78. The van der Waals surface area contributed by atoms with Gasteiger partial charge in [-0.25, -0.2) is 10.8 Å². The van der Waals surface area contributed by atoms with Crippen LogP contribution in [0.2, 0.25) is 0 Å². The molecular formula is C14H22N4O. The number of hydrazine groups is 1. The highest BCUT2D eigenvalue weighted by molar-refractivity contribution is 5.94. The molecule has 0 spiro atoms. The predicted octanol–water partition coefficient (Wildman–Crippen LogP) is 1.66. The molecule has 104 valence electrons. The van der Waals surface area contributed by atoms with Crippen molar-refractivity contribution in [3.63, 3.8) is 0 Å². The first kappa shape index (κ1) is 13.8. The Morgan fingerprint density at radius 3 is 2.79 bits per heavy atom. The summed E-state index contributed by atoms with van der Waals surface area (Å²) in [6.45, 7) is 5.06. The number of carbonyl (C=O) groups excluding carboxylic acids is 1. The van der Waals surface area contributed by atoms with Crippen LogP contribution < -0.4 is 11.3 Å². The molecule has 0 radical (unpaired) electrons. The van der Waals surface area contributed by atoms with Crippen molar-refractivity contribution in [2.75, 3.05) is 19.0 Å². The fourth-order valence-corrected chi connectivity index (χ4v) is 2.27. The number of carbonyl (C=O) groups is 1. The molecule has 1 heterocycles. The highest BCUT2D eigenvalue weighted by atomic mass is 16.2. The molecule has 3 N–H and O–H groups in total. The largest absolute Gasteiger partial charge is 0.341 e. The molecule has 0 aliphatic heterocycles. The summed E-state index contributed by atoms with van der Waals surface area (Å²) in [7, 11) is 1.86. The lowest BCUT2D eigenvalue weighted by Gasteiger charge is -2.18. The maximum Gasteiger partial charge on any atom is 0.253 e. The van der Waals surface area contributed by atoms with Gasteiger partial charge in [-0.1, -0.05) is 13.8 Å². The van der Waals surface area contributed by atoms with Gasteiger partial charge in [0.1, 0.15) is 5.82 Å². The minimum atomic E-state index is 0.0349. The van der Waals surface area contributed by atoms with Gasteiger partial charge in [-0.2, -0.15) is 0 Å². The standard InChI is InChI=1S/C14H22N4O/c1-4-12-6-10(7-13(16-12)17-15)14(19)18(3)8-11-5-9(11)2/h6-7,9,11H,4-5,8,15H2,1-3H3,(H,16,17). The second-order valence-corrected chi connectivity index (χ2v) is 5.39. The number of nitrogen functional groups attached to an aromatic ring is 1. The monoisotopic (exact) mass is 262 g/mol. The fourth-order valence-electron chi connectivity index (χ4n) is 2.27. The molecule has 0 bridgehead atoms. The number of anilines is 1. The Morgan fingerprint density at radius 2 is 2.26 bits per heavy atom. The van der Waals surface area contributed by atoms with Gasteiger partial charge in [0.05, 0.1) is 0 Å². The third-order valence-corrected chi connectivity index (χ3v) is 3.77. The number of hydrogen-bond donors (Lipinski definition) is 2. The van der Waals surface area contributed by atoms with Crippen molar-refractivity contribution in [1.82, 2.24) is 9.88 Å². The smallest absolute Gasteiger partial charge is 0.253 e. The number of nitrogens with two attached hydrogens (primary N) is 1. The number of rotatable bonds is 5. The van der Waals surface area contributed by atoms with Crippen molar-refractivity contribution in [1.29, 1.82) is 0 Å². The molecule has 5 nitrogen and oxygen atoms in total. The summed E-state index contributed by atoms with van der Waals surface area (Å²) in [4.78, 5) is 18.5. The van der Waals surface area contributed by atoms with E-state index >= 15 is 0 Å². The number of pyridine rings is 1. The minimum absolute atomic E-state index is 0.0349. The summed E-state index contributed by atoms with van der Waals surface area (Å²) in [6.07, 6.45) is 2.00. The van der Waals surface area contributed by atoms with Crippen molar-refractivity contribution < 1.29 is 4.79 Å². The molecular weight excluding hydrogens is 240 g/mol. The molecule has 2 atom stereocenters. The fraction of sp³-hybridized carbons (Fsp3) is 0.571. The molecule has 1 aromatic heterocycles. The van der Waals surface area contributed by atoms with Gasteiger partial charge in [-0.05, 0) is 36.8 Å². The van der Waals surface area contributed by atoms with Gasteiger partial charge < -0.3 is 10.3 Å². The van der Waals surface area contributed by atoms with Crippen LogP contribution in [0.5, 0.6) is 0 Å². The number of nitrogens with one attached hydrogen (secondary N) is 1. The third-order valence-electron chi connectivity index (χ3n) is 3.77. The second kappa shape index (κ2) is 5.57. The molecule has 1 aromatic rings. The van der Waals surface area contributed by atoms with Crippen molar-refractivity contribution in [2.45, 2.75) is 26.7 Å².